The highest BCUT2D eigenvalue weighted by molar-refractivity contribution is 6.76. The Balaban J connectivity index is 0. The lowest BCUT2D eigenvalue weighted by atomic mass is 10.3. The zero-order valence-electron chi connectivity index (χ0n) is 9.63. The lowest BCUT2D eigenvalue weighted by Crippen LogP contribution is -2.19. The molecular weight excluding hydrogens is 196 g/mol. The molecule has 0 unspecified atom stereocenters. The lowest BCUT2D eigenvalue weighted by molar-refractivity contribution is -0.134. The van der Waals surface area contributed by atoms with Gasteiger partial charge in [-0.1, -0.05) is 25.2 Å². The highest BCUT2D eigenvalue weighted by atomic mass is 28.3. The van der Waals surface area contributed by atoms with Crippen LogP contribution in [-0.4, -0.2) is 30.9 Å². The minimum absolute atomic E-state index is 0.253. The summed E-state index contributed by atoms with van der Waals surface area (Å²) in [4.78, 5) is 9.00. The van der Waals surface area contributed by atoms with Crippen LogP contribution in [0, 0.1) is 0 Å². The maximum Gasteiger partial charge on any atom is 0.300 e. The van der Waals surface area contributed by atoms with Crippen LogP contribution in [0.5, 0.6) is 0 Å². The van der Waals surface area contributed by atoms with Crippen molar-refractivity contribution in [1.29, 1.82) is 0 Å². The van der Waals surface area contributed by atoms with Crippen LogP contribution in [-0.2, 0) is 4.79 Å². The molecule has 0 aliphatic heterocycles. The van der Waals surface area contributed by atoms with Gasteiger partial charge in [0.25, 0.3) is 5.97 Å². The number of aliphatic carboxylic acids is 1. The number of carbonyl (C=O) groups is 1. The molecule has 0 bridgehead atoms. The van der Waals surface area contributed by atoms with Crippen LogP contribution < -0.4 is 0 Å². The molecule has 0 heterocycles. The molecule has 0 aromatic rings. The normalized spacial score (nSPS) is 10.1. The van der Waals surface area contributed by atoms with Gasteiger partial charge >= 0.3 is 0 Å². The number of carboxylic acids is 1. The smallest absolute Gasteiger partial charge is 0.300 e. The molecule has 14 heavy (non-hydrogen) atoms. The van der Waals surface area contributed by atoms with Crippen molar-refractivity contribution in [2.24, 2.45) is 0 Å². The van der Waals surface area contributed by atoms with Gasteiger partial charge in [-0.05, 0) is 12.5 Å². The van der Waals surface area contributed by atoms with Crippen molar-refractivity contribution in [2.45, 2.75) is 39.0 Å². The third-order valence-electron chi connectivity index (χ3n) is 1.25. The average Bonchev–Trinajstić information content (AvgIpc) is 1.80. The maximum atomic E-state index is 9.00. The van der Waals surface area contributed by atoms with E-state index >= 15 is 0 Å². The molecule has 0 aliphatic rings. The molecule has 0 aromatic carbocycles. The summed E-state index contributed by atoms with van der Waals surface area (Å²) >= 11 is 0. The van der Waals surface area contributed by atoms with Gasteiger partial charge in [0.15, 0.2) is 0 Å². The Kier molecular flexibility index (Phi) is 8.78. The number of carboxylic acid groups (broad SMARTS) is 1. The zero-order chi connectivity index (χ0) is 11.8. The third kappa shape index (κ3) is 22.5. The van der Waals surface area contributed by atoms with E-state index < -0.39 is 14.0 Å². The first-order chi connectivity index (χ1) is 6.19. The monoisotopic (exact) mass is 218 g/mol. The van der Waals surface area contributed by atoms with Crippen molar-refractivity contribution < 1.29 is 15.0 Å². The van der Waals surface area contributed by atoms with E-state index in [1.165, 1.54) is 5.57 Å². The van der Waals surface area contributed by atoms with Gasteiger partial charge in [0, 0.05) is 21.6 Å². The quantitative estimate of drug-likeness (QED) is 0.562. The summed E-state index contributed by atoms with van der Waals surface area (Å²) in [5.74, 6) is -0.833. The van der Waals surface area contributed by atoms with Gasteiger partial charge in [0.1, 0.15) is 0 Å². The van der Waals surface area contributed by atoms with Crippen LogP contribution in [0.4, 0.5) is 0 Å². The molecule has 0 saturated heterocycles. The molecule has 0 atom stereocenters. The Labute approximate surface area is 87.5 Å². The summed E-state index contributed by atoms with van der Waals surface area (Å²) in [5, 5.41) is 16.0. The predicted octanol–water partition coefficient (Wildman–Crippen LogP) is 2.35. The number of aliphatic hydroxyl groups excluding tert-OH is 1. The van der Waals surface area contributed by atoms with Crippen LogP contribution in [0.15, 0.2) is 12.2 Å². The zero-order valence-corrected chi connectivity index (χ0v) is 10.6. The molecule has 0 amide bonds. The molecule has 0 spiro atoms. The van der Waals surface area contributed by atoms with Gasteiger partial charge < -0.3 is 10.2 Å². The fraction of sp³-hybridized carbons (Fsp3) is 0.700. The van der Waals surface area contributed by atoms with Crippen molar-refractivity contribution in [1.82, 2.24) is 0 Å². The van der Waals surface area contributed by atoms with Gasteiger partial charge in [0.2, 0.25) is 0 Å². The van der Waals surface area contributed by atoms with Crippen LogP contribution in [0.3, 0.4) is 0 Å². The minimum Gasteiger partial charge on any atom is -0.481 e. The van der Waals surface area contributed by atoms with Gasteiger partial charge in [-0.3, -0.25) is 4.79 Å². The second-order valence-corrected chi connectivity index (χ2v) is 9.95. The molecule has 0 radical (unpaired) electrons. The molecule has 0 saturated carbocycles. The Morgan fingerprint density at radius 2 is 1.71 bits per heavy atom. The minimum atomic E-state index is -0.968. The van der Waals surface area contributed by atoms with Crippen LogP contribution >= 0.6 is 0 Å². The third-order valence-corrected chi connectivity index (χ3v) is 2.81. The Bertz CT molecular complexity index is 178. The Morgan fingerprint density at radius 1 is 1.36 bits per heavy atom. The van der Waals surface area contributed by atoms with Crippen molar-refractivity contribution >= 4 is 14.0 Å². The van der Waals surface area contributed by atoms with E-state index in [9.17, 15) is 0 Å². The fourth-order valence-electron chi connectivity index (χ4n) is 0.997. The second-order valence-electron chi connectivity index (χ2n) is 4.48. The maximum absolute atomic E-state index is 9.00. The van der Waals surface area contributed by atoms with Crippen LogP contribution in [0.1, 0.15) is 13.3 Å². The summed E-state index contributed by atoms with van der Waals surface area (Å²) in [6.45, 7) is 12.2. The summed E-state index contributed by atoms with van der Waals surface area (Å²) < 4.78 is 0. The topological polar surface area (TPSA) is 57.5 Å². The van der Waals surface area contributed by atoms with E-state index in [2.05, 4.69) is 26.2 Å². The second kappa shape index (κ2) is 7.76. The Hall–Kier alpha value is -0.613. The molecule has 0 aliphatic carbocycles. The molecule has 0 fully saturated rings. The first-order valence-corrected chi connectivity index (χ1v) is 8.37. The van der Waals surface area contributed by atoms with E-state index in [1.54, 1.807) is 0 Å². The van der Waals surface area contributed by atoms with E-state index in [0.717, 1.165) is 19.4 Å². The number of hydrogen-bond donors (Lipinski definition) is 2. The molecule has 4 heteroatoms. The number of aliphatic hydroxyl groups is 1. The van der Waals surface area contributed by atoms with Crippen LogP contribution in [0.2, 0.25) is 25.7 Å². The highest BCUT2D eigenvalue weighted by Gasteiger charge is 2.13. The predicted molar refractivity (Wildman–Crippen MR) is 62.3 cm³/mol. The van der Waals surface area contributed by atoms with E-state index in [-0.39, 0.29) is 6.61 Å². The molecule has 3 nitrogen and oxygen atoms in total. The SMILES string of the molecule is C=C(CCO)C[Si](C)(C)C.CC(=O)O. The summed E-state index contributed by atoms with van der Waals surface area (Å²) in [6.07, 6.45) is 0.782. The molecule has 0 rings (SSSR count). The molecule has 0 aromatic heterocycles. The van der Waals surface area contributed by atoms with Crippen molar-refractivity contribution in [3.05, 3.63) is 12.2 Å². The summed E-state index contributed by atoms with van der Waals surface area (Å²) in [5.41, 5.74) is 1.21. The lowest BCUT2D eigenvalue weighted by Gasteiger charge is -2.16. The summed E-state index contributed by atoms with van der Waals surface area (Å²) in [6, 6.07) is 1.15. The first kappa shape index (κ1) is 15.8. The van der Waals surface area contributed by atoms with Crippen molar-refractivity contribution in [3.63, 3.8) is 0 Å². The van der Waals surface area contributed by atoms with E-state index in [4.69, 9.17) is 15.0 Å². The molecular formula is C10H22O3Si. The van der Waals surface area contributed by atoms with Gasteiger partial charge in [-0.25, -0.2) is 0 Å². The van der Waals surface area contributed by atoms with E-state index in [0.29, 0.717) is 0 Å². The highest BCUT2D eigenvalue weighted by Crippen LogP contribution is 2.16. The summed E-state index contributed by atoms with van der Waals surface area (Å²) in [7, 11) is -0.968. The largest absolute Gasteiger partial charge is 0.481 e. The fourth-order valence-corrected chi connectivity index (χ4v) is 2.67. The molecule has 2 N–H and O–H groups in total. The molecule has 84 valence electrons. The van der Waals surface area contributed by atoms with Gasteiger partial charge in [0.05, 0.1) is 0 Å². The standard InChI is InChI=1S/C8H18OSi.C2H4O2/c1-8(5-6-9)7-10(2,3)4;1-2(3)4/h9H,1,5-7H2,2-4H3;1H3,(H,3,4). The number of rotatable bonds is 4. The van der Waals surface area contributed by atoms with Crippen molar-refractivity contribution in [2.75, 3.05) is 6.61 Å². The average molecular weight is 218 g/mol. The van der Waals surface area contributed by atoms with Gasteiger partial charge in [-0.15, -0.1) is 6.58 Å². The van der Waals surface area contributed by atoms with Crippen LogP contribution in [0.25, 0.3) is 0 Å². The first-order valence-electron chi connectivity index (χ1n) is 4.66. The Morgan fingerprint density at radius 3 is 1.93 bits per heavy atom. The van der Waals surface area contributed by atoms with Crippen molar-refractivity contribution in [3.8, 4) is 0 Å². The van der Waals surface area contributed by atoms with Gasteiger partial charge in [-0.2, -0.15) is 0 Å². The number of hydrogen-bond acceptors (Lipinski definition) is 2. The van der Waals surface area contributed by atoms with E-state index in [1.807, 2.05) is 0 Å².